The Bertz CT molecular complexity index is 408. The largest absolute Gasteiger partial charge is 0.387 e. The lowest BCUT2D eigenvalue weighted by Crippen LogP contribution is -2.47. The molecule has 5 heteroatoms. The molecule has 1 aromatic rings. The van der Waals surface area contributed by atoms with Crippen molar-refractivity contribution in [2.24, 2.45) is 5.92 Å². The number of urea groups is 1. The number of aliphatic hydroxyl groups is 1. The lowest BCUT2D eigenvalue weighted by atomic mass is 9.83. The van der Waals surface area contributed by atoms with E-state index >= 15 is 0 Å². The summed E-state index contributed by atoms with van der Waals surface area (Å²) in [4.78, 5) is 11.9. The maximum Gasteiger partial charge on any atom is 0.315 e. The van der Waals surface area contributed by atoms with Crippen LogP contribution < -0.4 is 10.6 Å². The molecule has 0 aromatic carbocycles. The molecule has 4 nitrogen and oxygen atoms in total. The Kier molecular flexibility index (Phi) is 5.86. The summed E-state index contributed by atoms with van der Waals surface area (Å²) < 4.78 is 0. The summed E-state index contributed by atoms with van der Waals surface area (Å²) in [6.45, 7) is 2.44. The number of hydrogen-bond acceptors (Lipinski definition) is 3. The van der Waals surface area contributed by atoms with Gasteiger partial charge in [-0.05, 0) is 41.1 Å². The normalized spacial score (nSPS) is 24.1. The van der Waals surface area contributed by atoms with Gasteiger partial charge < -0.3 is 15.7 Å². The fraction of sp³-hybridized carbons (Fsp3) is 0.667. The average molecular weight is 296 g/mol. The van der Waals surface area contributed by atoms with Crippen LogP contribution in [0.25, 0.3) is 0 Å². The van der Waals surface area contributed by atoms with E-state index in [0.717, 1.165) is 18.4 Å². The second-order valence-corrected chi connectivity index (χ2v) is 6.27. The Labute approximate surface area is 124 Å². The zero-order valence-corrected chi connectivity index (χ0v) is 12.8. The quantitative estimate of drug-likeness (QED) is 0.782. The van der Waals surface area contributed by atoms with E-state index in [2.05, 4.69) is 17.6 Å². The third-order valence-electron chi connectivity index (χ3n) is 4.13. The van der Waals surface area contributed by atoms with E-state index < -0.39 is 6.10 Å². The summed E-state index contributed by atoms with van der Waals surface area (Å²) in [5.74, 6) is 0.594. The molecule has 3 atom stereocenters. The highest BCUT2D eigenvalue weighted by molar-refractivity contribution is 7.07. The number of carbonyl (C=O) groups is 1. The fourth-order valence-corrected chi connectivity index (χ4v) is 3.58. The first kappa shape index (κ1) is 15.3. The molecular weight excluding hydrogens is 272 g/mol. The van der Waals surface area contributed by atoms with Gasteiger partial charge in [-0.25, -0.2) is 4.79 Å². The Morgan fingerprint density at radius 1 is 1.50 bits per heavy atom. The summed E-state index contributed by atoms with van der Waals surface area (Å²) in [7, 11) is 0. The van der Waals surface area contributed by atoms with Crippen LogP contribution in [0.3, 0.4) is 0 Å². The predicted octanol–water partition coefficient (Wildman–Crippen LogP) is 3.05. The topological polar surface area (TPSA) is 61.4 Å². The number of aliphatic hydroxyl groups excluding tert-OH is 1. The van der Waals surface area contributed by atoms with Crippen molar-refractivity contribution in [2.75, 3.05) is 6.54 Å². The standard InChI is InChI=1S/C15H24N2O2S/c1-2-11-5-3-4-6-13(11)17-15(19)16-9-14(18)12-7-8-20-10-12/h7-8,10-11,13-14,18H,2-6,9H2,1H3,(H2,16,17,19). The van der Waals surface area contributed by atoms with Crippen LogP contribution in [0.2, 0.25) is 0 Å². The number of thiophene rings is 1. The first-order valence-corrected chi connectivity index (χ1v) is 8.39. The molecule has 2 amide bonds. The Balaban J connectivity index is 1.74. The van der Waals surface area contributed by atoms with Crippen molar-refractivity contribution in [3.8, 4) is 0 Å². The summed E-state index contributed by atoms with van der Waals surface area (Å²) in [6, 6.07) is 2.00. The molecule has 1 aliphatic rings. The van der Waals surface area contributed by atoms with Crippen molar-refractivity contribution < 1.29 is 9.90 Å². The Morgan fingerprint density at radius 2 is 2.30 bits per heavy atom. The minimum Gasteiger partial charge on any atom is -0.387 e. The molecule has 1 heterocycles. The number of nitrogens with one attached hydrogen (secondary N) is 2. The van der Waals surface area contributed by atoms with Crippen LogP contribution in [0.15, 0.2) is 16.8 Å². The van der Waals surface area contributed by atoms with Crippen molar-refractivity contribution in [1.29, 1.82) is 0 Å². The van der Waals surface area contributed by atoms with Gasteiger partial charge in [-0.3, -0.25) is 0 Å². The number of hydrogen-bond donors (Lipinski definition) is 3. The second kappa shape index (κ2) is 7.64. The molecular formula is C15H24N2O2S. The molecule has 112 valence electrons. The van der Waals surface area contributed by atoms with Crippen molar-refractivity contribution in [2.45, 2.75) is 51.2 Å². The molecule has 1 aromatic heterocycles. The van der Waals surface area contributed by atoms with Gasteiger partial charge >= 0.3 is 6.03 Å². The van der Waals surface area contributed by atoms with E-state index in [9.17, 15) is 9.90 Å². The Morgan fingerprint density at radius 3 is 3.00 bits per heavy atom. The lowest BCUT2D eigenvalue weighted by molar-refractivity contribution is 0.170. The number of carbonyl (C=O) groups excluding carboxylic acids is 1. The van der Waals surface area contributed by atoms with Crippen LogP contribution in [0.4, 0.5) is 4.79 Å². The van der Waals surface area contributed by atoms with Crippen LogP contribution in [-0.2, 0) is 0 Å². The maximum absolute atomic E-state index is 11.9. The van der Waals surface area contributed by atoms with Gasteiger partial charge in [-0.2, -0.15) is 11.3 Å². The zero-order valence-electron chi connectivity index (χ0n) is 12.0. The molecule has 0 spiro atoms. The van der Waals surface area contributed by atoms with Crippen molar-refractivity contribution in [1.82, 2.24) is 10.6 Å². The molecule has 0 radical (unpaired) electrons. The van der Waals surface area contributed by atoms with Gasteiger partial charge in [0.15, 0.2) is 0 Å². The van der Waals surface area contributed by atoms with E-state index in [4.69, 9.17) is 0 Å². The summed E-state index contributed by atoms with van der Waals surface area (Å²) in [6.07, 6.45) is 5.23. The molecule has 3 unspecified atom stereocenters. The molecule has 0 bridgehead atoms. The van der Waals surface area contributed by atoms with E-state index in [-0.39, 0.29) is 18.6 Å². The maximum atomic E-state index is 11.9. The molecule has 0 aliphatic heterocycles. The molecule has 1 saturated carbocycles. The molecule has 1 aliphatic carbocycles. The van der Waals surface area contributed by atoms with Crippen molar-refractivity contribution in [3.63, 3.8) is 0 Å². The number of rotatable bonds is 5. The van der Waals surface area contributed by atoms with Gasteiger partial charge in [0, 0.05) is 12.6 Å². The van der Waals surface area contributed by atoms with E-state index in [1.54, 1.807) is 11.3 Å². The molecule has 2 rings (SSSR count). The van der Waals surface area contributed by atoms with E-state index in [1.165, 1.54) is 19.3 Å². The highest BCUT2D eigenvalue weighted by Gasteiger charge is 2.25. The van der Waals surface area contributed by atoms with Crippen LogP contribution >= 0.6 is 11.3 Å². The van der Waals surface area contributed by atoms with Gasteiger partial charge in [-0.15, -0.1) is 0 Å². The highest BCUT2D eigenvalue weighted by atomic mass is 32.1. The Hall–Kier alpha value is -1.07. The third kappa shape index (κ3) is 4.21. The smallest absolute Gasteiger partial charge is 0.315 e. The summed E-state index contributed by atoms with van der Waals surface area (Å²) >= 11 is 1.55. The van der Waals surface area contributed by atoms with Gasteiger partial charge in [0.1, 0.15) is 0 Å². The van der Waals surface area contributed by atoms with Crippen molar-refractivity contribution >= 4 is 17.4 Å². The van der Waals surface area contributed by atoms with Gasteiger partial charge in [0.2, 0.25) is 0 Å². The first-order valence-electron chi connectivity index (χ1n) is 7.45. The van der Waals surface area contributed by atoms with Crippen LogP contribution in [0.5, 0.6) is 0 Å². The van der Waals surface area contributed by atoms with E-state index in [1.807, 2.05) is 16.8 Å². The minimum absolute atomic E-state index is 0.162. The molecule has 20 heavy (non-hydrogen) atoms. The van der Waals surface area contributed by atoms with Gasteiger partial charge in [-0.1, -0.05) is 26.2 Å². The zero-order chi connectivity index (χ0) is 14.4. The second-order valence-electron chi connectivity index (χ2n) is 5.49. The SMILES string of the molecule is CCC1CCCCC1NC(=O)NCC(O)c1ccsc1. The lowest BCUT2D eigenvalue weighted by Gasteiger charge is -2.31. The average Bonchev–Trinajstić information content (AvgIpc) is 2.99. The third-order valence-corrected chi connectivity index (χ3v) is 4.84. The number of amides is 2. The fourth-order valence-electron chi connectivity index (χ4n) is 2.88. The predicted molar refractivity (Wildman–Crippen MR) is 81.9 cm³/mol. The van der Waals surface area contributed by atoms with Crippen molar-refractivity contribution in [3.05, 3.63) is 22.4 Å². The molecule has 0 saturated heterocycles. The van der Waals surface area contributed by atoms with Gasteiger partial charge in [0.25, 0.3) is 0 Å². The van der Waals surface area contributed by atoms with Gasteiger partial charge in [0.05, 0.1) is 6.10 Å². The monoisotopic (exact) mass is 296 g/mol. The van der Waals surface area contributed by atoms with E-state index in [0.29, 0.717) is 5.92 Å². The van der Waals surface area contributed by atoms with Crippen LogP contribution in [0.1, 0.15) is 50.7 Å². The van der Waals surface area contributed by atoms with Crippen LogP contribution in [0, 0.1) is 5.92 Å². The molecule has 1 fully saturated rings. The summed E-state index contributed by atoms with van der Waals surface area (Å²) in [5.41, 5.74) is 0.861. The first-order chi connectivity index (χ1) is 9.70. The highest BCUT2D eigenvalue weighted by Crippen LogP contribution is 2.26. The molecule has 3 N–H and O–H groups in total. The summed E-state index contributed by atoms with van der Waals surface area (Å²) in [5, 5.41) is 19.6. The minimum atomic E-state index is -0.625. The van der Waals surface area contributed by atoms with Crippen LogP contribution in [-0.4, -0.2) is 23.7 Å².